The van der Waals surface area contributed by atoms with Gasteiger partial charge >= 0.3 is 0 Å². The molecule has 0 unspecified atom stereocenters. The second-order valence-electron chi connectivity index (χ2n) is 8.33. The molecule has 0 radical (unpaired) electrons. The molecule has 0 saturated heterocycles. The van der Waals surface area contributed by atoms with Crippen molar-refractivity contribution in [2.45, 2.75) is 19.5 Å². The number of fused-ring (bicyclic) bond motifs is 3. The second-order valence-corrected chi connectivity index (χ2v) is 8.33. The molecule has 2 aromatic heterocycles. The molecule has 0 aliphatic carbocycles. The van der Waals surface area contributed by atoms with Crippen LogP contribution in [0.15, 0.2) is 77.9 Å². The molecule has 5 aromatic rings. The Morgan fingerprint density at radius 1 is 0.829 bits per heavy atom. The normalized spacial score (nSPS) is 11.2. The van der Waals surface area contributed by atoms with Crippen molar-refractivity contribution in [2.24, 2.45) is 0 Å². The van der Waals surface area contributed by atoms with E-state index in [1.807, 2.05) is 66.7 Å². The Morgan fingerprint density at radius 3 is 2.46 bits per heavy atom. The Morgan fingerprint density at radius 2 is 1.66 bits per heavy atom. The number of nitrogens with zero attached hydrogens (tertiary/aromatic N) is 3. The Labute approximate surface area is 203 Å². The third-order valence-corrected chi connectivity index (χ3v) is 6.30. The number of aryl methyl sites for hydroxylation is 2. The number of methoxy groups -OCH3 is 3. The largest absolute Gasteiger partial charge is 0.497 e. The number of para-hydroxylation sites is 1. The van der Waals surface area contributed by atoms with Crippen molar-refractivity contribution in [3.63, 3.8) is 0 Å². The van der Waals surface area contributed by atoms with Crippen molar-refractivity contribution in [3.05, 3.63) is 94.5 Å². The first-order valence-electron chi connectivity index (χ1n) is 11.4. The van der Waals surface area contributed by atoms with Crippen LogP contribution in [0, 0.1) is 0 Å². The standard InChI is InChI=1S/C28H27N3O4/c1-33-21-8-6-7-20(15-21)17-31-23-10-5-4-9-22(23)26-27(31)28(32)30(18-29-26)14-13-19-11-12-24(34-2)25(16-19)35-3/h4-12,15-16,18H,13-14,17H2,1-3H3. The lowest BCUT2D eigenvalue weighted by Gasteiger charge is -2.11. The third-order valence-electron chi connectivity index (χ3n) is 6.30. The summed E-state index contributed by atoms with van der Waals surface area (Å²) in [6, 6.07) is 21.7. The van der Waals surface area contributed by atoms with E-state index >= 15 is 0 Å². The maximum atomic E-state index is 13.7. The fourth-order valence-electron chi connectivity index (χ4n) is 4.51. The van der Waals surface area contributed by atoms with E-state index in [4.69, 9.17) is 19.2 Å². The van der Waals surface area contributed by atoms with Gasteiger partial charge in [0, 0.05) is 18.5 Å². The van der Waals surface area contributed by atoms with Gasteiger partial charge in [-0.3, -0.25) is 9.36 Å². The number of benzene rings is 3. The molecule has 35 heavy (non-hydrogen) atoms. The minimum Gasteiger partial charge on any atom is -0.497 e. The maximum absolute atomic E-state index is 13.7. The summed E-state index contributed by atoms with van der Waals surface area (Å²) in [5, 5.41) is 0.967. The molecule has 0 amide bonds. The molecule has 0 fully saturated rings. The van der Waals surface area contributed by atoms with Gasteiger partial charge in [-0.05, 0) is 47.9 Å². The van der Waals surface area contributed by atoms with Crippen LogP contribution >= 0.6 is 0 Å². The maximum Gasteiger partial charge on any atom is 0.277 e. The van der Waals surface area contributed by atoms with Crippen molar-refractivity contribution >= 4 is 21.9 Å². The van der Waals surface area contributed by atoms with Crippen molar-refractivity contribution in [3.8, 4) is 17.2 Å². The van der Waals surface area contributed by atoms with Gasteiger partial charge in [0.05, 0.1) is 33.2 Å². The van der Waals surface area contributed by atoms with Crippen LogP contribution in [0.2, 0.25) is 0 Å². The highest BCUT2D eigenvalue weighted by molar-refractivity contribution is 6.05. The van der Waals surface area contributed by atoms with Crippen LogP contribution in [0.1, 0.15) is 11.1 Å². The zero-order valence-electron chi connectivity index (χ0n) is 20.0. The lowest BCUT2D eigenvalue weighted by Crippen LogP contribution is -2.23. The second kappa shape index (κ2) is 9.54. The van der Waals surface area contributed by atoms with Crippen LogP contribution in [0.5, 0.6) is 17.2 Å². The fraction of sp³-hybridized carbons (Fsp3) is 0.214. The van der Waals surface area contributed by atoms with E-state index in [1.54, 1.807) is 32.2 Å². The molecule has 0 bridgehead atoms. The van der Waals surface area contributed by atoms with E-state index in [1.165, 1.54) is 0 Å². The Kier molecular flexibility index (Phi) is 6.14. The summed E-state index contributed by atoms with van der Waals surface area (Å²) in [5.74, 6) is 2.14. The lowest BCUT2D eigenvalue weighted by molar-refractivity contribution is 0.354. The van der Waals surface area contributed by atoms with E-state index < -0.39 is 0 Å². The van der Waals surface area contributed by atoms with Gasteiger partial charge in [0.15, 0.2) is 11.5 Å². The smallest absolute Gasteiger partial charge is 0.277 e. The molecular weight excluding hydrogens is 442 g/mol. The molecular formula is C28H27N3O4. The van der Waals surface area contributed by atoms with Crippen LogP contribution in [0.4, 0.5) is 0 Å². The van der Waals surface area contributed by atoms with Crippen LogP contribution in [0.3, 0.4) is 0 Å². The summed E-state index contributed by atoms with van der Waals surface area (Å²) in [5.41, 5.74) is 4.33. The minimum atomic E-state index is -0.0606. The van der Waals surface area contributed by atoms with E-state index in [0.717, 1.165) is 33.3 Å². The quantitative estimate of drug-likeness (QED) is 0.330. The number of hydrogen-bond acceptors (Lipinski definition) is 5. The van der Waals surface area contributed by atoms with Crippen molar-refractivity contribution < 1.29 is 14.2 Å². The Balaban J connectivity index is 1.55. The molecule has 0 aliphatic heterocycles. The molecule has 7 nitrogen and oxygen atoms in total. The molecule has 0 spiro atoms. The molecule has 2 heterocycles. The summed E-state index contributed by atoms with van der Waals surface area (Å²) in [7, 11) is 4.88. The van der Waals surface area contributed by atoms with E-state index in [9.17, 15) is 4.79 Å². The third kappa shape index (κ3) is 4.21. The predicted octanol–water partition coefficient (Wildman–Crippen LogP) is 4.67. The summed E-state index contributed by atoms with van der Waals surface area (Å²) >= 11 is 0. The van der Waals surface area contributed by atoms with Gasteiger partial charge in [-0.2, -0.15) is 0 Å². The molecule has 3 aromatic carbocycles. The van der Waals surface area contributed by atoms with E-state index in [-0.39, 0.29) is 5.56 Å². The zero-order chi connectivity index (χ0) is 24.4. The van der Waals surface area contributed by atoms with Crippen LogP contribution in [-0.4, -0.2) is 35.4 Å². The molecule has 178 valence electrons. The number of aromatic nitrogens is 3. The number of ether oxygens (including phenoxy) is 3. The highest BCUT2D eigenvalue weighted by Gasteiger charge is 2.17. The Hall–Kier alpha value is -4.26. The first kappa shape index (κ1) is 22.5. The molecule has 0 saturated carbocycles. The monoisotopic (exact) mass is 469 g/mol. The molecule has 0 N–H and O–H groups in total. The van der Waals surface area contributed by atoms with Gasteiger partial charge in [-0.25, -0.2) is 4.98 Å². The molecule has 0 aliphatic rings. The summed E-state index contributed by atoms with van der Waals surface area (Å²) < 4.78 is 19.9. The Bertz CT molecular complexity index is 1570. The van der Waals surface area contributed by atoms with Crippen molar-refractivity contribution in [1.82, 2.24) is 14.1 Å². The van der Waals surface area contributed by atoms with Crippen molar-refractivity contribution in [1.29, 1.82) is 0 Å². The minimum absolute atomic E-state index is 0.0606. The average Bonchev–Trinajstić information content (AvgIpc) is 3.22. The topological polar surface area (TPSA) is 67.5 Å². The summed E-state index contributed by atoms with van der Waals surface area (Å²) in [6.45, 7) is 1.04. The predicted molar refractivity (Wildman–Crippen MR) is 137 cm³/mol. The van der Waals surface area contributed by atoms with Crippen LogP contribution < -0.4 is 19.8 Å². The van der Waals surface area contributed by atoms with E-state index in [0.29, 0.717) is 36.5 Å². The van der Waals surface area contributed by atoms with Gasteiger partial charge in [0.2, 0.25) is 0 Å². The van der Waals surface area contributed by atoms with Crippen LogP contribution in [-0.2, 0) is 19.5 Å². The summed E-state index contributed by atoms with van der Waals surface area (Å²) in [4.78, 5) is 18.4. The average molecular weight is 470 g/mol. The first-order chi connectivity index (χ1) is 17.1. The van der Waals surface area contributed by atoms with Crippen LogP contribution in [0.25, 0.3) is 21.9 Å². The number of rotatable bonds is 8. The molecule has 5 rings (SSSR count). The lowest BCUT2D eigenvalue weighted by atomic mass is 10.1. The summed E-state index contributed by atoms with van der Waals surface area (Å²) in [6.07, 6.45) is 2.30. The van der Waals surface area contributed by atoms with Gasteiger partial charge in [0.25, 0.3) is 5.56 Å². The molecule has 0 atom stereocenters. The highest BCUT2D eigenvalue weighted by Crippen LogP contribution is 2.29. The zero-order valence-corrected chi connectivity index (χ0v) is 20.0. The molecule has 7 heteroatoms. The van der Waals surface area contributed by atoms with Gasteiger partial charge in [0.1, 0.15) is 16.8 Å². The van der Waals surface area contributed by atoms with E-state index in [2.05, 4.69) is 4.57 Å². The number of hydrogen-bond donors (Lipinski definition) is 0. The first-order valence-corrected chi connectivity index (χ1v) is 11.4. The van der Waals surface area contributed by atoms with Gasteiger partial charge in [-0.1, -0.05) is 36.4 Å². The van der Waals surface area contributed by atoms with Gasteiger partial charge < -0.3 is 18.8 Å². The fourth-order valence-corrected chi connectivity index (χ4v) is 4.51. The van der Waals surface area contributed by atoms with Gasteiger partial charge in [-0.15, -0.1) is 0 Å². The highest BCUT2D eigenvalue weighted by atomic mass is 16.5. The van der Waals surface area contributed by atoms with Crippen molar-refractivity contribution in [2.75, 3.05) is 21.3 Å². The SMILES string of the molecule is COc1cccc(Cn2c3ccccc3c3ncn(CCc4ccc(OC)c(OC)c4)c(=O)c32)c1.